The average Bonchev–Trinajstić information content (AvgIpc) is 1.94. The molecule has 1 nitrogen and oxygen atoms in total. The summed E-state index contributed by atoms with van der Waals surface area (Å²) in [5.74, 6) is 0. The van der Waals surface area contributed by atoms with Crippen LogP contribution in [0.4, 0.5) is 0 Å². The first-order valence-corrected chi connectivity index (χ1v) is 3.89. The van der Waals surface area contributed by atoms with E-state index in [0.29, 0.717) is 0 Å². The smallest absolute Gasteiger partial charge is 0.0641 e. The number of hydrogen-bond donors (Lipinski definition) is 1. The van der Waals surface area contributed by atoms with Gasteiger partial charge in [0.1, 0.15) is 0 Å². The lowest BCUT2D eigenvalue weighted by molar-refractivity contribution is 0.00931. The molecule has 1 N–H and O–H groups in total. The molecule has 0 bridgehead atoms. The zero-order valence-electron chi connectivity index (χ0n) is 8.31. The number of rotatable bonds is 0. The van der Waals surface area contributed by atoms with Crippen molar-refractivity contribution >= 4 is 0 Å². The van der Waals surface area contributed by atoms with Crippen LogP contribution in [0.2, 0.25) is 0 Å². The lowest BCUT2D eigenvalue weighted by Crippen LogP contribution is -2.32. The summed E-state index contributed by atoms with van der Waals surface area (Å²) in [5.41, 5.74) is -0.306. The van der Waals surface area contributed by atoms with E-state index in [4.69, 9.17) is 1.37 Å². The quantitative estimate of drug-likeness (QED) is 0.551. The number of aliphatic hydroxyl groups excluding tert-OH is 1. The van der Waals surface area contributed by atoms with Crippen LogP contribution in [0, 0.1) is 10.8 Å². The molecule has 1 aliphatic rings. The third kappa shape index (κ3) is 1.07. The first kappa shape index (κ1) is 6.66. The highest BCUT2D eigenvalue weighted by atomic mass is 16.3. The lowest BCUT2D eigenvalue weighted by Gasteiger charge is -2.30. The predicted octanol–water partition coefficient (Wildman–Crippen LogP) is 2.19. The third-order valence-electron chi connectivity index (χ3n) is 2.60. The van der Waals surface area contributed by atoms with Crippen LogP contribution < -0.4 is 0 Å². The molecule has 0 saturated heterocycles. The van der Waals surface area contributed by atoms with Crippen LogP contribution in [0.25, 0.3) is 0 Å². The maximum Gasteiger partial charge on any atom is 0.0641 e. The Balaban J connectivity index is 2.89. The Morgan fingerprint density at radius 3 is 1.90 bits per heavy atom. The zero-order valence-corrected chi connectivity index (χ0v) is 7.31. The molecule has 10 heavy (non-hydrogen) atoms. The topological polar surface area (TPSA) is 20.2 Å². The Kier molecular flexibility index (Phi) is 1.31. The monoisotopic (exact) mass is 143 g/mol. The molecule has 0 heterocycles. The Labute approximate surface area is 64.9 Å². The second-order valence-electron chi connectivity index (χ2n) is 4.62. The van der Waals surface area contributed by atoms with Crippen LogP contribution in [0.15, 0.2) is 0 Å². The normalized spacial score (nSPS) is 45.1. The number of hydrogen-bond acceptors (Lipinski definition) is 1. The molecule has 0 aromatic heterocycles. The molecule has 1 rings (SSSR count). The van der Waals surface area contributed by atoms with Gasteiger partial charge in [0, 0.05) is 1.37 Å². The molecular weight excluding hydrogens is 124 g/mol. The summed E-state index contributed by atoms with van der Waals surface area (Å²) in [7, 11) is 0. The second kappa shape index (κ2) is 1.97. The Hall–Kier alpha value is -0.0400. The highest BCUT2D eigenvalue weighted by Gasteiger charge is 2.45. The van der Waals surface area contributed by atoms with Gasteiger partial charge in [-0.15, -0.1) is 0 Å². The van der Waals surface area contributed by atoms with E-state index >= 15 is 0 Å². The molecule has 0 aromatic carbocycles. The lowest BCUT2D eigenvalue weighted by atomic mass is 9.81. The fourth-order valence-corrected chi connectivity index (χ4v) is 1.76. The molecule has 0 aromatic rings. The van der Waals surface area contributed by atoms with Crippen LogP contribution in [0.1, 0.15) is 41.9 Å². The summed E-state index contributed by atoms with van der Waals surface area (Å²) in [4.78, 5) is 0. The van der Waals surface area contributed by atoms with Crippen molar-refractivity contribution in [3.05, 3.63) is 0 Å². The van der Waals surface area contributed by atoms with Crippen LogP contribution in [-0.4, -0.2) is 11.2 Å². The van der Waals surface area contributed by atoms with Gasteiger partial charge in [0.05, 0.1) is 6.10 Å². The van der Waals surface area contributed by atoms with Gasteiger partial charge in [0.25, 0.3) is 0 Å². The van der Waals surface area contributed by atoms with Gasteiger partial charge in [-0.05, 0) is 23.6 Å². The van der Waals surface area contributed by atoms with Gasteiger partial charge in [-0.25, -0.2) is 0 Å². The van der Waals surface area contributed by atoms with Crippen molar-refractivity contribution in [3.8, 4) is 0 Å². The summed E-state index contributed by atoms with van der Waals surface area (Å²) < 4.78 is 7.76. The summed E-state index contributed by atoms with van der Waals surface area (Å²) in [6.45, 7) is 8.02. The maximum atomic E-state index is 9.84. The Bertz CT molecular complexity index is 163. The zero-order chi connectivity index (χ0) is 8.86. The van der Waals surface area contributed by atoms with Crippen molar-refractivity contribution in [3.63, 3.8) is 0 Å². The van der Waals surface area contributed by atoms with Crippen LogP contribution >= 0.6 is 0 Å². The largest absolute Gasteiger partial charge is 0.392 e. The SMILES string of the molecule is [2H]C1CC(C)(C)C(O)C1(C)C. The van der Waals surface area contributed by atoms with Gasteiger partial charge in [-0.3, -0.25) is 0 Å². The van der Waals surface area contributed by atoms with E-state index in [9.17, 15) is 5.11 Å². The first-order chi connectivity index (χ1) is 4.78. The fraction of sp³-hybridized carbons (Fsp3) is 1.00. The van der Waals surface area contributed by atoms with E-state index < -0.39 is 0 Å². The Morgan fingerprint density at radius 2 is 1.80 bits per heavy atom. The van der Waals surface area contributed by atoms with E-state index in [-0.39, 0.29) is 23.3 Å². The van der Waals surface area contributed by atoms with Crippen molar-refractivity contribution < 1.29 is 6.48 Å². The minimum atomic E-state index is -0.336. The highest BCUT2D eigenvalue weighted by molar-refractivity contribution is 4.96. The summed E-state index contributed by atoms with van der Waals surface area (Å²) in [5, 5.41) is 9.84. The molecule has 1 fully saturated rings. The van der Waals surface area contributed by atoms with Crippen LogP contribution in [0.3, 0.4) is 0 Å². The van der Waals surface area contributed by atoms with Crippen molar-refractivity contribution in [2.75, 3.05) is 0 Å². The van der Waals surface area contributed by atoms with Gasteiger partial charge < -0.3 is 5.11 Å². The molecule has 60 valence electrons. The fourth-order valence-electron chi connectivity index (χ4n) is 1.76. The maximum absolute atomic E-state index is 9.84. The molecule has 2 atom stereocenters. The van der Waals surface area contributed by atoms with Gasteiger partial charge in [-0.2, -0.15) is 0 Å². The van der Waals surface area contributed by atoms with Crippen LogP contribution in [-0.2, 0) is 0 Å². The molecule has 1 heteroatoms. The van der Waals surface area contributed by atoms with Gasteiger partial charge in [0.2, 0.25) is 0 Å². The molecule has 0 radical (unpaired) electrons. The summed E-state index contributed by atoms with van der Waals surface area (Å²) >= 11 is 0. The minimum Gasteiger partial charge on any atom is -0.392 e. The van der Waals surface area contributed by atoms with Gasteiger partial charge in [0.15, 0.2) is 0 Å². The van der Waals surface area contributed by atoms with E-state index in [2.05, 4.69) is 0 Å². The molecule has 1 saturated carbocycles. The van der Waals surface area contributed by atoms with Crippen LogP contribution in [0.5, 0.6) is 0 Å². The second-order valence-corrected chi connectivity index (χ2v) is 4.62. The van der Waals surface area contributed by atoms with Gasteiger partial charge in [-0.1, -0.05) is 27.7 Å². The molecule has 0 aliphatic heterocycles. The predicted molar refractivity (Wildman–Crippen MR) is 42.8 cm³/mol. The van der Waals surface area contributed by atoms with Crippen molar-refractivity contribution in [1.29, 1.82) is 0 Å². The van der Waals surface area contributed by atoms with Crippen molar-refractivity contribution in [1.82, 2.24) is 0 Å². The Morgan fingerprint density at radius 1 is 1.30 bits per heavy atom. The average molecular weight is 143 g/mol. The molecule has 2 unspecified atom stereocenters. The summed E-state index contributed by atoms with van der Waals surface area (Å²) in [6.07, 6.45) is 0.353. The molecule has 1 aliphatic carbocycles. The highest BCUT2D eigenvalue weighted by Crippen LogP contribution is 2.48. The van der Waals surface area contributed by atoms with E-state index in [1.807, 2.05) is 27.7 Å². The van der Waals surface area contributed by atoms with E-state index in [0.717, 1.165) is 6.42 Å². The van der Waals surface area contributed by atoms with Gasteiger partial charge >= 0.3 is 0 Å². The number of aliphatic hydroxyl groups is 1. The molecule has 0 amide bonds. The van der Waals surface area contributed by atoms with E-state index in [1.165, 1.54) is 0 Å². The minimum absolute atomic E-state index is 0.0735. The third-order valence-corrected chi connectivity index (χ3v) is 2.60. The van der Waals surface area contributed by atoms with Crippen molar-refractivity contribution in [2.24, 2.45) is 10.8 Å². The van der Waals surface area contributed by atoms with Crippen molar-refractivity contribution in [2.45, 2.75) is 46.6 Å². The molecular formula is C9H18O. The standard InChI is InChI=1S/C9H18O/c1-8(2)5-6-9(3,4)7(8)10/h7,10H,5-6H2,1-4H3/i5D. The van der Waals surface area contributed by atoms with E-state index in [1.54, 1.807) is 0 Å². The first-order valence-electron chi connectivity index (χ1n) is 4.46. The summed E-state index contributed by atoms with van der Waals surface area (Å²) in [6, 6.07) is 0. The molecule has 0 spiro atoms.